The number of benzene rings is 2. The lowest BCUT2D eigenvalue weighted by Gasteiger charge is -2.36. The highest BCUT2D eigenvalue weighted by molar-refractivity contribution is 7.86. The Bertz CT molecular complexity index is 1220. The van der Waals surface area contributed by atoms with Gasteiger partial charge in [-0.15, -0.1) is 0 Å². The van der Waals surface area contributed by atoms with Gasteiger partial charge in [-0.25, -0.2) is 4.79 Å². The number of carboxylic acid groups (broad SMARTS) is 1. The van der Waals surface area contributed by atoms with Crippen molar-refractivity contribution >= 4 is 16.2 Å². The van der Waals surface area contributed by atoms with E-state index in [0.29, 0.717) is 48.7 Å². The van der Waals surface area contributed by atoms with Gasteiger partial charge in [0, 0.05) is 40.3 Å². The Morgan fingerprint density at radius 1 is 1.14 bits per heavy atom. The number of ether oxygens (including phenoxy) is 3. The van der Waals surface area contributed by atoms with E-state index < -0.39 is 21.7 Å². The lowest BCUT2D eigenvalue weighted by molar-refractivity contribution is -0.150. The number of methoxy groups -OCH3 is 1. The summed E-state index contributed by atoms with van der Waals surface area (Å²) < 4.78 is 44.8. The molecule has 11 heteroatoms. The van der Waals surface area contributed by atoms with E-state index in [9.17, 15) is 18.3 Å². The van der Waals surface area contributed by atoms with Crippen molar-refractivity contribution in [2.75, 3.05) is 54.2 Å². The van der Waals surface area contributed by atoms with Crippen LogP contribution in [0.4, 0.5) is 0 Å². The molecule has 0 saturated carbocycles. The number of carbonyl (C=O) groups is 1. The topological polar surface area (TPSA) is 109 Å². The van der Waals surface area contributed by atoms with Crippen LogP contribution >= 0.6 is 0 Å². The number of fused-ring (bicyclic) bond motifs is 1. The second-order valence-corrected chi connectivity index (χ2v) is 11.7. The van der Waals surface area contributed by atoms with E-state index in [4.69, 9.17) is 14.2 Å². The molecule has 2 heterocycles. The number of nitrogens with zero attached hydrogens (tertiary/aromatic N) is 3. The molecule has 202 valence electrons. The molecule has 0 amide bonds. The summed E-state index contributed by atoms with van der Waals surface area (Å²) in [4.78, 5) is 15.0. The first-order valence-corrected chi connectivity index (χ1v) is 13.7. The van der Waals surface area contributed by atoms with Gasteiger partial charge in [-0.05, 0) is 54.2 Å². The van der Waals surface area contributed by atoms with Crippen LogP contribution < -0.4 is 14.2 Å². The first-order chi connectivity index (χ1) is 17.6. The SMILES string of the molecule is CCCN(CCN1C[C@H](c2ccc3c(c2)OCO3)C[C@]1(C(=O)O)c1ccc(OC)cc1)S(=O)(=O)N(C)C. The molecule has 2 aromatic carbocycles. The first-order valence-electron chi connectivity index (χ1n) is 12.3. The summed E-state index contributed by atoms with van der Waals surface area (Å²) in [5, 5.41) is 10.7. The number of hydrogen-bond acceptors (Lipinski definition) is 7. The zero-order chi connectivity index (χ0) is 26.8. The van der Waals surface area contributed by atoms with Crippen molar-refractivity contribution in [2.24, 2.45) is 0 Å². The van der Waals surface area contributed by atoms with Gasteiger partial charge in [0.05, 0.1) is 7.11 Å². The van der Waals surface area contributed by atoms with Crippen LogP contribution in [0.5, 0.6) is 17.2 Å². The van der Waals surface area contributed by atoms with Crippen LogP contribution in [-0.4, -0.2) is 87.2 Å². The van der Waals surface area contributed by atoms with Crippen LogP contribution in [0.1, 0.15) is 36.8 Å². The summed E-state index contributed by atoms with van der Waals surface area (Å²) in [6.45, 7) is 3.30. The van der Waals surface area contributed by atoms with Crippen molar-refractivity contribution in [3.63, 3.8) is 0 Å². The predicted octanol–water partition coefficient (Wildman–Crippen LogP) is 2.71. The monoisotopic (exact) mass is 533 g/mol. The molecule has 0 radical (unpaired) electrons. The van der Waals surface area contributed by atoms with Gasteiger partial charge in [0.15, 0.2) is 11.5 Å². The minimum absolute atomic E-state index is 0.113. The van der Waals surface area contributed by atoms with Crippen molar-refractivity contribution in [2.45, 2.75) is 31.2 Å². The highest BCUT2D eigenvalue weighted by Crippen LogP contribution is 2.47. The zero-order valence-electron chi connectivity index (χ0n) is 21.7. The Morgan fingerprint density at radius 3 is 2.46 bits per heavy atom. The van der Waals surface area contributed by atoms with Crippen LogP contribution in [0.2, 0.25) is 0 Å². The summed E-state index contributed by atoms with van der Waals surface area (Å²) in [7, 11) is 0.916. The third-order valence-corrected chi connectivity index (χ3v) is 9.13. The van der Waals surface area contributed by atoms with Crippen molar-refractivity contribution in [3.05, 3.63) is 53.6 Å². The second-order valence-electron chi connectivity index (χ2n) is 9.54. The highest BCUT2D eigenvalue weighted by atomic mass is 32.2. The summed E-state index contributed by atoms with van der Waals surface area (Å²) in [6, 6.07) is 12.8. The van der Waals surface area contributed by atoms with Crippen LogP contribution in [0.3, 0.4) is 0 Å². The largest absolute Gasteiger partial charge is 0.497 e. The van der Waals surface area contributed by atoms with Crippen LogP contribution in [-0.2, 0) is 20.5 Å². The van der Waals surface area contributed by atoms with E-state index in [1.807, 2.05) is 30.0 Å². The predicted molar refractivity (Wildman–Crippen MR) is 138 cm³/mol. The fraction of sp³-hybridized carbons (Fsp3) is 0.500. The minimum atomic E-state index is -3.65. The zero-order valence-corrected chi connectivity index (χ0v) is 22.5. The molecule has 0 aliphatic carbocycles. The molecule has 0 spiro atoms. The molecular weight excluding hydrogens is 498 g/mol. The third-order valence-electron chi connectivity index (χ3n) is 7.19. The molecule has 2 aliphatic rings. The number of likely N-dealkylation sites (tertiary alicyclic amines) is 1. The molecular formula is C26H35N3O7S. The maximum atomic E-state index is 13.1. The molecule has 10 nitrogen and oxygen atoms in total. The van der Waals surface area contributed by atoms with Crippen LogP contribution in [0.15, 0.2) is 42.5 Å². The maximum absolute atomic E-state index is 13.1. The molecule has 0 unspecified atom stereocenters. The number of carboxylic acids is 1. The summed E-state index contributed by atoms with van der Waals surface area (Å²) in [5.41, 5.74) is 0.242. The first kappa shape index (κ1) is 27.2. The van der Waals surface area contributed by atoms with Crippen LogP contribution in [0, 0.1) is 0 Å². The van der Waals surface area contributed by atoms with Crippen molar-refractivity contribution in [3.8, 4) is 17.2 Å². The standard InChI is InChI=1S/C26H35N3O7S/c1-5-12-29(37(32,33)27(2)3)14-13-28-17-20(19-6-11-23-24(15-19)36-18-35-23)16-26(28,25(30)31)21-7-9-22(34-4)10-8-21/h6-11,15,20H,5,12-14,16-18H2,1-4H3,(H,30,31)/t20-,26-/m1/s1. The average Bonchev–Trinajstić information content (AvgIpc) is 3.51. The van der Waals surface area contributed by atoms with Gasteiger partial charge in [-0.3, -0.25) is 4.90 Å². The van der Waals surface area contributed by atoms with E-state index in [-0.39, 0.29) is 25.8 Å². The molecule has 0 bridgehead atoms. The van der Waals surface area contributed by atoms with E-state index in [2.05, 4.69) is 0 Å². The third kappa shape index (κ3) is 5.13. The van der Waals surface area contributed by atoms with Crippen molar-refractivity contribution < 1.29 is 32.5 Å². The van der Waals surface area contributed by atoms with Crippen molar-refractivity contribution in [1.82, 2.24) is 13.5 Å². The normalized spacial score (nSPS) is 21.6. The molecule has 4 rings (SSSR count). The fourth-order valence-corrected chi connectivity index (χ4v) is 6.40. The Balaban J connectivity index is 1.71. The molecule has 1 fully saturated rings. The van der Waals surface area contributed by atoms with Crippen LogP contribution in [0.25, 0.3) is 0 Å². The number of aliphatic carboxylic acids is 1. The molecule has 0 aromatic heterocycles. The van der Waals surface area contributed by atoms with E-state index in [1.54, 1.807) is 31.4 Å². The lowest BCUT2D eigenvalue weighted by Crippen LogP contribution is -2.51. The van der Waals surface area contributed by atoms with Gasteiger partial charge in [-0.1, -0.05) is 25.1 Å². The summed E-state index contributed by atoms with van der Waals surface area (Å²) in [5.74, 6) is 0.860. The minimum Gasteiger partial charge on any atom is -0.497 e. The van der Waals surface area contributed by atoms with Gasteiger partial charge in [0.25, 0.3) is 10.2 Å². The molecule has 2 aliphatic heterocycles. The highest BCUT2D eigenvalue weighted by Gasteiger charge is 2.53. The fourth-order valence-electron chi connectivity index (χ4n) is 5.21. The number of hydrogen-bond donors (Lipinski definition) is 1. The van der Waals surface area contributed by atoms with Gasteiger partial charge >= 0.3 is 5.97 Å². The summed E-state index contributed by atoms with van der Waals surface area (Å²) in [6.07, 6.45) is 0.970. The Hall–Kier alpha value is -2.86. The Labute approximate surface area is 218 Å². The maximum Gasteiger partial charge on any atom is 0.328 e. The Kier molecular flexibility index (Phi) is 7.98. The molecule has 1 saturated heterocycles. The summed E-state index contributed by atoms with van der Waals surface area (Å²) >= 11 is 0. The smallest absolute Gasteiger partial charge is 0.328 e. The van der Waals surface area contributed by atoms with Gasteiger partial charge in [0.2, 0.25) is 6.79 Å². The Morgan fingerprint density at radius 2 is 1.84 bits per heavy atom. The molecule has 1 N–H and O–H groups in total. The van der Waals surface area contributed by atoms with Crippen molar-refractivity contribution in [1.29, 1.82) is 0 Å². The quantitative estimate of drug-likeness (QED) is 0.470. The average molecular weight is 534 g/mol. The molecule has 2 aromatic rings. The van der Waals surface area contributed by atoms with Gasteiger partial charge < -0.3 is 19.3 Å². The number of rotatable bonds is 11. The van der Waals surface area contributed by atoms with E-state index in [0.717, 1.165) is 5.56 Å². The second kappa shape index (κ2) is 10.9. The van der Waals surface area contributed by atoms with E-state index >= 15 is 0 Å². The van der Waals surface area contributed by atoms with E-state index in [1.165, 1.54) is 22.7 Å². The van der Waals surface area contributed by atoms with Gasteiger partial charge in [-0.2, -0.15) is 17.0 Å². The lowest BCUT2D eigenvalue weighted by atomic mass is 9.83. The molecule has 2 atom stereocenters. The molecule has 37 heavy (non-hydrogen) atoms. The van der Waals surface area contributed by atoms with Gasteiger partial charge in [0.1, 0.15) is 11.3 Å².